The van der Waals surface area contributed by atoms with Gasteiger partial charge < -0.3 is 5.32 Å². The second-order valence-corrected chi connectivity index (χ2v) is 8.35. The molecule has 1 heterocycles. The van der Waals surface area contributed by atoms with Crippen molar-refractivity contribution in [2.45, 2.75) is 0 Å². The van der Waals surface area contributed by atoms with Gasteiger partial charge in [-0.2, -0.15) is 0 Å². The van der Waals surface area contributed by atoms with E-state index in [4.69, 9.17) is 16.6 Å². The predicted molar refractivity (Wildman–Crippen MR) is 117 cm³/mol. The fourth-order valence-corrected chi connectivity index (χ4v) is 4.29. The zero-order valence-corrected chi connectivity index (χ0v) is 17.1. The second kappa shape index (κ2) is 7.34. The van der Waals surface area contributed by atoms with Gasteiger partial charge in [-0.15, -0.1) is 11.3 Å². The number of para-hydroxylation sites is 1. The van der Waals surface area contributed by atoms with Gasteiger partial charge in [0, 0.05) is 19.7 Å². The van der Waals surface area contributed by atoms with Crippen LogP contribution in [0.4, 0.5) is 5.69 Å². The summed E-state index contributed by atoms with van der Waals surface area (Å²) >= 11 is 9.87. The van der Waals surface area contributed by atoms with Crippen LogP contribution in [0.5, 0.6) is 0 Å². The third-order valence-corrected chi connectivity index (χ3v) is 5.82. The molecule has 0 aliphatic carbocycles. The van der Waals surface area contributed by atoms with Crippen LogP contribution in [0.2, 0.25) is 5.02 Å². The first-order valence-corrected chi connectivity index (χ1v) is 10.1. The van der Waals surface area contributed by atoms with Gasteiger partial charge in [-0.05, 0) is 71.1 Å². The van der Waals surface area contributed by atoms with Crippen molar-refractivity contribution in [2.75, 3.05) is 5.32 Å². The number of hydrogen-bond acceptors (Lipinski definition) is 3. The Morgan fingerprint density at radius 1 is 1.04 bits per heavy atom. The Morgan fingerprint density at radius 3 is 2.69 bits per heavy atom. The summed E-state index contributed by atoms with van der Waals surface area (Å²) in [4.78, 5) is 17.3. The molecule has 1 N–H and O–H groups in total. The molecule has 128 valence electrons. The molecule has 1 aromatic heterocycles. The van der Waals surface area contributed by atoms with Crippen molar-refractivity contribution < 1.29 is 4.79 Å². The Labute approximate surface area is 173 Å². The lowest BCUT2D eigenvalue weighted by atomic mass is 10.1. The SMILES string of the molecule is O=C(Nc1ccc(I)cc1-c1nc2ccccc2s1)c1cccc(Cl)c1. The lowest BCUT2D eigenvalue weighted by Crippen LogP contribution is -2.12. The van der Waals surface area contributed by atoms with E-state index in [2.05, 4.69) is 34.0 Å². The summed E-state index contributed by atoms with van der Waals surface area (Å²) in [6.07, 6.45) is 0. The maximum Gasteiger partial charge on any atom is 0.255 e. The molecule has 3 nitrogen and oxygen atoms in total. The molecule has 0 radical (unpaired) electrons. The molecule has 0 saturated carbocycles. The molecule has 0 atom stereocenters. The van der Waals surface area contributed by atoms with Gasteiger partial charge in [0.15, 0.2) is 0 Å². The van der Waals surface area contributed by atoms with Crippen LogP contribution < -0.4 is 5.32 Å². The molecule has 0 aliphatic heterocycles. The maximum atomic E-state index is 12.6. The van der Waals surface area contributed by atoms with Crippen molar-refractivity contribution in [1.82, 2.24) is 4.98 Å². The van der Waals surface area contributed by atoms with Gasteiger partial charge in [0.05, 0.1) is 15.9 Å². The number of carbonyl (C=O) groups is 1. The van der Waals surface area contributed by atoms with Crippen LogP contribution in [0, 0.1) is 3.57 Å². The fourth-order valence-electron chi connectivity index (χ4n) is 2.61. The van der Waals surface area contributed by atoms with Crippen molar-refractivity contribution in [3.05, 3.63) is 80.9 Å². The highest BCUT2D eigenvalue weighted by Crippen LogP contribution is 2.35. The van der Waals surface area contributed by atoms with Gasteiger partial charge in [0.25, 0.3) is 5.91 Å². The molecule has 3 aromatic carbocycles. The Hall–Kier alpha value is -1.96. The smallest absolute Gasteiger partial charge is 0.255 e. The maximum absolute atomic E-state index is 12.6. The van der Waals surface area contributed by atoms with E-state index in [0.29, 0.717) is 10.6 Å². The summed E-state index contributed by atoms with van der Waals surface area (Å²) in [5.74, 6) is -0.198. The molecular formula is C20H12ClIN2OS. The number of hydrogen-bond donors (Lipinski definition) is 1. The first kappa shape index (κ1) is 17.5. The predicted octanol–water partition coefficient (Wildman–Crippen LogP) is 6.47. The van der Waals surface area contributed by atoms with E-state index in [9.17, 15) is 4.79 Å². The number of rotatable bonds is 3. The minimum atomic E-state index is -0.198. The summed E-state index contributed by atoms with van der Waals surface area (Å²) in [7, 11) is 0. The number of benzene rings is 3. The van der Waals surface area contributed by atoms with Gasteiger partial charge in [-0.3, -0.25) is 4.79 Å². The molecular weight excluding hydrogens is 479 g/mol. The van der Waals surface area contributed by atoms with Crippen LogP contribution in [0.25, 0.3) is 20.8 Å². The molecule has 1 amide bonds. The lowest BCUT2D eigenvalue weighted by Gasteiger charge is -2.10. The average Bonchev–Trinajstić information content (AvgIpc) is 3.07. The molecule has 0 bridgehead atoms. The highest BCUT2D eigenvalue weighted by atomic mass is 127. The Bertz CT molecular complexity index is 1090. The monoisotopic (exact) mass is 490 g/mol. The van der Waals surface area contributed by atoms with Crippen LogP contribution >= 0.6 is 45.5 Å². The fraction of sp³-hybridized carbons (Fsp3) is 0. The summed E-state index contributed by atoms with van der Waals surface area (Å²) in [5.41, 5.74) is 3.12. The molecule has 0 fully saturated rings. The van der Waals surface area contributed by atoms with Crippen LogP contribution in [0.1, 0.15) is 10.4 Å². The van der Waals surface area contributed by atoms with Crippen LogP contribution in [0.15, 0.2) is 66.7 Å². The Morgan fingerprint density at radius 2 is 1.88 bits per heavy atom. The van der Waals surface area contributed by atoms with Crippen molar-refractivity contribution >= 4 is 67.3 Å². The largest absolute Gasteiger partial charge is 0.321 e. The Balaban J connectivity index is 1.74. The van der Waals surface area contributed by atoms with Crippen LogP contribution in [0.3, 0.4) is 0 Å². The summed E-state index contributed by atoms with van der Waals surface area (Å²) in [5, 5.41) is 4.40. The van der Waals surface area contributed by atoms with Crippen molar-refractivity contribution in [2.24, 2.45) is 0 Å². The number of halogens is 2. The van der Waals surface area contributed by atoms with Crippen molar-refractivity contribution in [3.63, 3.8) is 0 Å². The first-order valence-electron chi connectivity index (χ1n) is 7.82. The third-order valence-electron chi connectivity index (χ3n) is 3.84. The standard InChI is InChI=1S/C20H12ClIN2OS/c21-13-5-3-4-12(10-13)19(25)23-16-9-8-14(22)11-15(16)20-24-17-6-1-2-7-18(17)26-20/h1-11H,(H,23,25). The minimum absolute atomic E-state index is 0.198. The highest BCUT2D eigenvalue weighted by molar-refractivity contribution is 14.1. The number of nitrogens with one attached hydrogen (secondary N) is 1. The summed E-state index contributed by atoms with van der Waals surface area (Å²) < 4.78 is 2.20. The van der Waals surface area contributed by atoms with E-state index in [1.165, 1.54) is 0 Å². The Kier molecular flexibility index (Phi) is 4.93. The van der Waals surface area contributed by atoms with E-state index < -0.39 is 0 Å². The van der Waals surface area contributed by atoms with E-state index in [-0.39, 0.29) is 5.91 Å². The molecule has 0 aliphatic rings. The molecule has 6 heteroatoms. The molecule has 0 spiro atoms. The summed E-state index contributed by atoms with van der Waals surface area (Å²) in [6.45, 7) is 0. The lowest BCUT2D eigenvalue weighted by molar-refractivity contribution is 0.102. The number of nitrogens with zero attached hydrogens (tertiary/aromatic N) is 1. The van der Waals surface area contributed by atoms with E-state index in [1.807, 2.05) is 36.4 Å². The average molecular weight is 491 g/mol. The van der Waals surface area contributed by atoms with Crippen molar-refractivity contribution in [1.29, 1.82) is 0 Å². The van der Waals surface area contributed by atoms with E-state index in [1.54, 1.807) is 35.6 Å². The summed E-state index contributed by atoms with van der Waals surface area (Å²) in [6, 6.07) is 20.8. The van der Waals surface area contributed by atoms with Gasteiger partial charge >= 0.3 is 0 Å². The minimum Gasteiger partial charge on any atom is -0.321 e. The molecule has 4 rings (SSSR count). The number of fused-ring (bicyclic) bond motifs is 1. The first-order chi connectivity index (χ1) is 12.6. The number of anilines is 1. The number of carbonyl (C=O) groups excluding carboxylic acids is 1. The molecule has 26 heavy (non-hydrogen) atoms. The van der Waals surface area contributed by atoms with Crippen molar-refractivity contribution in [3.8, 4) is 10.6 Å². The van der Waals surface area contributed by atoms with Gasteiger partial charge in [-0.1, -0.05) is 29.8 Å². The quantitative estimate of drug-likeness (QED) is 0.334. The normalized spacial score (nSPS) is 10.8. The van der Waals surface area contributed by atoms with Gasteiger partial charge in [-0.25, -0.2) is 4.98 Å². The third kappa shape index (κ3) is 3.60. The number of amides is 1. The molecule has 0 unspecified atom stereocenters. The van der Waals surface area contributed by atoms with E-state index >= 15 is 0 Å². The topological polar surface area (TPSA) is 42.0 Å². The zero-order chi connectivity index (χ0) is 18.1. The number of aromatic nitrogens is 1. The van der Waals surface area contributed by atoms with Gasteiger partial charge in [0.1, 0.15) is 5.01 Å². The highest BCUT2D eigenvalue weighted by Gasteiger charge is 2.14. The van der Waals surface area contributed by atoms with Gasteiger partial charge in [0.2, 0.25) is 0 Å². The molecule has 4 aromatic rings. The van der Waals surface area contributed by atoms with Crippen LogP contribution in [-0.4, -0.2) is 10.9 Å². The zero-order valence-electron chi connectivity index (χ0n) is 13.4. The second-order valence-electron chi connectivity index (χ2n) is 5.64. The van der Waals surface area contributed by atoms with Crippen LogP contribution in [-0.2, 0) is 0 Å². The number of thiazole rings is 1. The molecule has 0 saturated heterocycles. The van der Waals surface area contributed by atoms with E-state index in [0.717, 1.165) is 30.0 Å².